The van der Waals surface area contributed by atoms with Gasteiger partial charge in [-0.2, -0.15) is 16.4 Å². The molecule has 0 radical (unpaired) electrons. The summed E-state index contributed by atoms with van der Waals surface area (Å²) in [5.41, 5.74) is 1.84. The van der Waals surface area contributed by atoms with Crippen molar-refractivity contribution >= 4 is 34.4 Å². The lowest BCUT2D eigenvalue weighted by Gasteiger charge is -2.23. The van der Waals surface area contributed by atoms with Gasteiger partial charge in [-0.1, -0.05) is 19.3 Å². The van der Waals surface area contributed by atoms with Crippen LogP contribution in [0.15, 0.2) is 29.1 Å². The van der Waals surface area contributed by atoms with Crippen LogP contribution in [0.5, 0.6) is 0 Å². The summed E-state index contributed by atoms with van der Waals surface area (Å²) in [5.74, 6) is 0.677. The highest BCUT2D eigenvalue weighted by molar-refractivity contribution is 7.17. The summed E-state index contributed by atoms with van der Waals surface area (Å²) in [5, 5.41) is 12.5. The molecule has 1 amide bonds. The summed E-state index contributed by atoms with van der Waals surface area (Å²) in [7, 11) is 0. The van der Waals surface area contributed by atoms with Gasteiger partial charge in [0.05, 0.1) is 17.9 Å². The number of aryl methyl sites for hydroxylation is 1. The van der Waals surface area contributed by atoms with Crippen LogP contribution in [-0.4, -0.2) is 20.7 Å². The third kappa shape index (κ3) is 3.39. The molecular weight excluding hydrogens is 352 g/mol. The summed E-state index contributed by atoms with van der Waals surface area (Å²) >= 11 is 3.08. The molecule has 7 heteroatoms. The predicted molar refractivity (Wildman–Crippen MR) is 102 cm³/mol. The molecule has 3 heterocycles. The number of carbonyl (C=O) groups is 1. The standard InChI is InChI=1S/C18H20N4OS2/c1-12-16(25-18(20-12)13-8-10-24-11-13)17(23)21-15-7-9-19-22(15)14-5-3-2-4-6-14/h7-11,14H,2-6H2,1H3,(H,21,23). The molecule has 0 unspecified atom stereocenters. The molecule has 0 atom stereocenters. The fourth-order valence-electron chi connectivity index (χ4n) is 3.32. The number of aromatic nitrogens is 3. The second kappa shape index (κ2) is 7.09. The second-order valence-electron chi connectivity index (χ2n) is 6.35. The van der Waals surface area contributed by atoms with E-state index in [0.717, 1.165) is 34.9 Å². The van der Waals surface area contributed by atoms with E-state index in [-0.39, 0.29) is 5.91 Å². The number of nitrogens with zero attached hydrogens (tertiary/aromatic N) is 3. The maximum atomic E-state index is 12.8. The minimum atomic E-state index is -0.103. The molecule has 25 heavy (non-hydrogen) atoms. The Bertz CT molecular complexity index is 860. The van der Waals surface area contributed by atoms with Crippen molar-refractivity contribution in [1.82, 2.24) is 14.8 Å². The number of nitrogens with one attached hydrogen (secondary N) is 1. The lowest BCUT2D eigenvalue weighted by molar-refractivity contribution is 0.102. The number of thiazole rings is 1. The molecule has 0 saturated heterocycles. The van der Waals surface area contributed by atoms with Crippen molar-refractivity contribution in [2.24, 2.45) is 0 Å². The van der Waals surface area contributed by atoms with E-state index in [9.17, 15) is 4.79 Å². The summed E-state index contributed by atoms with van der Waals surface area (Å²) in [6, 6.07) is 4.30. The third-order valence-electron chi connectivity index (χ3n) is 4.60. The van der Waals surface area contributed by atoms with Gasteiger partial charge in [0.15, 0.2) is 0 Å². The molecule has 1 fully saturated rings. The van der Waals surface area contributed by atoms with E-state index >= 15 is 0 Å². The topological polar surface area (TPSA) is 59.8 Å². The minimum Gasteiger partial charge on any atom is -0.306 e. The smallest absolute Gasteiger partial charge is 0.268 e. The average molecular weight is 373 g/mol. The van der Waals surface area contributed by atoms with Gasteiger partial charge in [-0.15, -0.1) is 11.3 Å². The first kappa shape index (κ1) is 16.5. The molecule has 3 aromatic heterocycles. The lowest BCUT2D eigenvalue weighted by atomic mass is 9.96. The van der Waals surface area contributed by atoms with E-state index in [1.54, 1.807) is 17.5 Å². The van der Waals surface area contributed by atoms with E-state index in [1.807, 2.05) is 29.1 Å². The quantitative estimate of drug-likeness (QED) is 0.690. The molecule has 5 nitrogen and oxygen atoms in total. The Hall–Kier alpha value is -1.99. The maximum Gasteiger partial charge on any atom is 0.268 e. The Morgan fingerprint density at radius 3 is 2.88 bits per heavy atom. The number of hydrogen-bond donors (Lipinski definition) is 1. The van der Waals surface area contributed by atoms with Crippen molar-refractivity contribution in [3.63, 3.8) is 0 Å². The number of thiophene rings is 1. The van der Waals surface area contributed by atoms with Gasteiger partial charge in [0.2, 0.25) is 0 Å². The normalized spacial score (nSPS) is 15.4. The predicted octanol–water partition coefficient (Wildman–Crippen LogP) is 5.13. The Morgan fingerprint density at radius 2 is 2.12 bits per heavy atom. The van der Waals surface area contributed by atoms with Gasteiger partial charge in [0, 0.05) is 17.0 Å². The average Bonchev–Trinajstić information content (AvgIpc) is 3.35. The zero-order valence-electron chi connectivity index (χ0n) is 14.1. The van der Waals surface area contributed by atoms with Crippen LogP contribution in [0.2, 0.25) is 0 Å². The zero-order chi connectivity index (χ0) is 17.2. The van der Waals surface area contributed by atoms with E-state index in [0.29, 0.717) is 10.9 Å². The molecule has 0 aliphatic heterocycles. The monoisotopic (exact) mass is 372 g/mol. The van der Waals surface area contributed by atoms with Gasteiger partial charge in [-0.25, -0.2) is 9.67 Å². The SMILES string of the molecule is Cc1nc(-c2ccsc2)sc1C(=O)Nc1ccnn1C1CCCCC1. The van der Waals surface area contributed by atoms with E-state index in [2.05, 4.69) is 20.8 Å². The van der Waals surface area contributed by atoms with Crippen LogP contribution in [0.1, 0.15) is 53.5 Å². The number of hydrogen-bond acceptors (Lipinski definition) is 5. The highest BCUT2D eigenvalue weighted by atomic mass is 32.1. The van der Waals surface area contributed by atoms with Crippen molar-refractivity contribution < 1.29 is 4.79 Å². The first-order chi connectivity index (χ1) is 12.2. The third-order valence-corrected chi connectivity index (χ3v) is 6.49. The summed E-state index contributed by atoms with van der Waals surface area (Å²) in [4.78, 5) is 18.0. The summed E-state index contributed by atoms with van der Waals surface area (Å²) < 4.78 is 1.98. The lowest BCUT2D eigenvalue weighted by Crippen LogP contribution is -2.20. The largest absolute Gasteiger partial charge is 0.306 e. The molecule has 3 aromatic rings. The number of carbonyl (C=O) groups excluding carboxylic acids is 1. The fraction of sp³-hybridized carbons (Fsp3) is 0.389. The van der Waals surface area contributed by atoms with Crippen molar-refractivity contribution in [2.75, 3.05) is 5.32 Å². The summed E-state index contributed by atoms with van der Waals surface area (Å²) in [6.07, 6.45) is 7.79. The Balaban J connectivity index is 1.54. The minimum absolute atomic E-state index is 0.103. The van der Waals surface area contributed by atoms with E-state index < -0.39 is 0 Å². The van der Waals surface area contributed by atoms with Gasteiger partial charge in [0.25, 0.3) is 5.91 Å². The molecule has 1 saturated carbocycles. The van der Waals surface area contributed by atoms with Gasteiger partial charge >= 0.3 is 0 Å². The highest BCUT2D eigenvalue weighted by Gasteiger charge is 2.21. The van der Waals surface area contributed by atoms with Gasteiger partial charge in [0.1, 0.15) is 15.7 Å². The first-order valence-corrected chi connectivity index (χ1v) is 10.3. The molecule has 0 spiro atoms. The summed E-state index contributed by atoms with van der Waals surface area (Å²) in [6.45, 7) is 1.89. The van der Waals surface area contributed by atoms with Crippen molar-refractivity contribution in [3.8, 4) is 10.6 Å². The van der Waals surface area contributed by atoms with Crippen LogP contribution in [0.4, 0.5) is 5.82 Å². The molecule has 1 aliphatic rings. The first-order valence-electron chi connectivity index (χ1n) is 8.57. The zero-order valence-corrected chi connectivity index (χ0v) is 15.7. The molecule has 1 aliphatic carbocycles. The fourth-order valence-corrected chi connectivity index (χ4v) is 4.99. The molecule has 130 valence electrons. The number of rotatable bonds is 4. The van der Waals surface area contributed by atoms with Crippen molar-refractivity contribution in [2.45, 2.75) is 45.1 Å². The Kier molecular flexibility index (Phi) is 4.67. The van der Waals surface area contributed by atoms with Crippen LogP contribution in [0.25, 0.3) is 10.6 Å². The molecule has 0 aromatic carbocycles. The highest BCUT2D eigenvalue weighted by Crippen LogP contribution is 2.32. The number of amides is 1. The Labute approximate surface area is 154 Å². The van der Waals surface area contributed by atoms with Crippen molar-refractivity contribution in [1.29, 1.82) is 0 Å². The van der Waals surface area contributed by atoms with Crippen LogP contribution < -0.4 is 5.32 Å². The van der Waals surface area contributed by atoms with Crippen LogP contribution >= 0.6 is 22.7 Å². The van der Waals surface area contributed by atoms with Gasteiger partial charge in [-0.05, 0) is 31.2 Å². The van der Waals surface area contributed by atoms with Crippen LogP contribution in [0.3, 0.4) is 0 Å². The van der Waals surface area contributed by atoms with Gasteiger partial charge in [-0.3, -0.25) is 4.79 Å². The second-order valence-corrected chi connectivity index (χ2v) is 8.13. The van der Waals surface area contributed by atoms with Crippen LogP contribution in [0, 0.1) is 6.92 Å². The van der Waals surface area contributed by atoms with E-state index in [1.165, 1.54) is 30.6 Å². The molecule has 4 rings (SSSR count). The molecular formula is C18H20N4OS2. The van der Waals surface area contributed by atoms with Gasteiger partial charge < -0.3 is 5.32 Å². The van der Waals surface area contributed by atoms with Crippen LogP contribution in [-0.2, 0) is 0 Å². The maximum absolute atomic E-state index is 12.8. The molecule has 1 N–H and O–H groups in total. The van der Waals surface area contributed by atoms with E-state index in [4.69, 9.17) is 0 Å². The van der Waals surface area contributed by atoms with Crippen molar-refractivity contribution in [3.05, 3.63) is 39.7 Å². The molecule has 0 bridgehead atoms. The Morgan fingerprint density at radius 1 is 1.28 bits per heavy atom. The number of anilines is 1.